The van der Waals surface area contributed by atoms with E-state index in [1.165, 1.54) is 39.2 Å². The van der Waals surface area contributed by atoms with E-state index in [1.807, 2.05) is 0 Å². The number of aryl methyl sites for hydroxylation is 1. The Morgan fingerprint density at radius 3 is 1.63 bits per heavy atom. The van der Waals surface area contributed by atoms with Gasteiger partial charge in [-0.25, -0.2) is 9.97 Å². The number of rotatable bonds is 7. The van der Waals surface area contributed by atoms with Gasteiger partial charge in [-0.05, 0) is 114 Å². The maximum atomic E-state index is 5.12. The summed E-state index contributed by atoms with van der Waals surface area (Å²) in [6.07, 6.45) is 0. The van der Waals surface area contributed by atoms with Crippen LogP contribution in [0.5, 0.6) is 0 Å². The second kappa shape index (κ2) is 13.5. The molecule has 0 spiro atoms. The number of benzene rings is 7. The molecule has 2 aromatic heterocycles. The minimum atomic E-state index is -0.157. The summed E-state index contributed by atoms with van der Waals surface area (Å²) in [7, 11) is 0. The molecule has 6 heteroatoms. The summed E-state index contributed by atoms with van der Waals surface area (Å²) in [6, 6.07) is 56.8. The van der Waals surface area contributed by atoms with Gasteiger partial charge in [0.2, 0.25) is 0 Å². The molecule has 278 valence electrons. The minimum absolute atomic E-state index is 0.0797. The molecule has 0 radical (unpaired) electrons. The number of hydrogen-bond acceptors (Lipinski definition) is 6. The van der Waals surface area contributed by atoms with Gasteiger partial charge in [-0.3, -0.25) is 0 Å². The second-order valence-electron chi connectivity index (χ2n) is 16.1. The first-order valence-electron chi connectivity index (χ1n) is 19.5. The average molecular weight is 775 g/mol. The lowest BCUT2D eigenvalue weighted by Gasteiger charge is -2.42. The van der Waals surface area contributed by atoms with Crippen LogP contribution in [0.4, 0.5) is 28.4 Å². The molecule has 0 unspecified atom stereocenters. The third-order valence-electron chi connectivity index (χ3n) is 11.7. The molecular weight excluding hydrogens is 733 g/mol. The molecule has 7 aromatic carbocycles. The monoisotopic (exact) mass is 774 g/mol. The van der Waals surface area contributed by atoms with Crippen LogP contribution in [-0.4, -0.2) is 9.97 Å². The molecule has 0 aliphatic carbocycles. The van der Waals surface area contributed by atoms with Gasteiger partial charge in [-0.15, -0.1) is 22.7 Å². The molecule has 57 heavy (non-hydrogen) atoms. The van der Waals surface area contributed by atoms with Gasteiger partial charge in [0.05, 0.1) is 31.8 Å². The van der Waals surface area contributed by atoms with Gasteiger partial charge < -0.3 is 10.2 Å². The fraction of sp³-hybridized carbons (Fsp3) is 0.137. The summed E-state index contributed by atoms with van der Waals surface area (Å²) in [5, 5.41) is 5.74. The lowest BCUT2D eigenvalue weighted by atomic mass is 9.73. The Labute approximate surface area is 342 Å². The predicted octanol–water partition coefficient (Wildman–Crippen LogP) is 14.7. The molecule has 1 aliphatic rings. The molecule has 0 bridgehead atoms. The van der Waals surface area contributed by atoms with Crippen LogP contribution < -0.4 is 10.2 Å². The minimum Gasteiger partial charge on any atom is -0.355 e. The number of fused-ring (bicyclic) bond motifs is 4. The number of anilines is 5. The highest BCUT2D eigenvalue weighted by Crippen LogP contribution is 2.52. The Morgan fingerprint density at radius 1 is 0.561 bits per heavy atom. The zero-order valence-electron chi connectivity index (χ0n) is 32.7. The van der Waals surface area contributed by atoms with Crippen LogP contribution >= 0.6 is 22.7 Å². The van der Waals surface area contributed by atoms with Crippen molar-refractivity contribution in [1.82, 2.24) is 9.97 Å². The number of aromatic nitrogens is 2. The molecule has 0 saturated heterocycles. The van der Waals surface area contributed by atoms with Crippen LogP contribution in [0.25, 0.3) is 41.6 Å². The highest BCUT2D eigenvalue weighted by atomic mass is 32.1. The normalized spacial score (nSPS) is 13.5. The van der Waals surface area contributed by atoms with Crippen LogP contribution in [0.1, 0.15) is 55.5 Å². The quantitative estimate of drug-likeness (QED) is 0.175. The molecule has 0 fully saturated rings. The summed E-state index contributed by atoms with van der Waals surface area (Å²) in [5.74, 6) is 0. The van der Waals surface area contributed by atoms with Crippen molar-refractivity contribution in [2.75, 3.05) is 10.2 Å². The maximum absolute atomic E-state index is 5.12. The average Bonchev–Trinajstić information content (AvgIpc) is 3.84. The first-order chi connectivity index (χ1) is 27.6. The summed E-state index contributed by atoms with van der Waals surface area (Å²) >= 11 is 3.44. The van der Waals surface area contributed by atoms with Crippen LogP contribution in [-0.2, 0) is 10.8 Å². The molecule has 3 heterocycles. The van der Waals surface area contributed by atoms with Crippen molar-refractivity contribution in [3.63, 3.8) is 0 Å². The highest BCUT2D eigenvalue weighted by Gasteiger charge is 2.36. The topological polar surface area (TPSA) is 41.1 Å². The van der Waals surface area contributed by atoms with E-state index in [0.717, 1.165) is 58.6 Å². The predicted molar refractivity (Wildman–Crippen MR) is 244 cm³/mol. The van der Waals surface area contributed by atoms with Crippen LogP contribution in [0.3, 0.4) is 0 Å². The van der Waals surface area contributed by atoms with Crippen molar-refractivity contribution < 1.29 is 0 Å². The zero-order valence-corrected chi connectivity index (χ0v) is 34.3. The number of hydrogen-bond donors (Lipinski definition) is 1. The Balaban J connectivity index is 0.895. The molecular formula is C51H42N4S2. The Morgan fingerprint density at radius 2 is 1.05 bits per heavy atom. The van der Waals surface area contributed by atoms with Gasteiger partial charge in [-0.1, -0.05) is 107 Å². The van der Waals surface area contributed by atoms with E-state index in [0.29, 0.717) is 0 Å². The fourth-order valence-electron chi connectivity index (χ4n) is 8.70. The Bertz CT molecular complexity index is 2850. The van der Waals surface area contributed by atoms with Gasteiger partial charge in [-0.2, -0.15) is 0 Å². The van der Waals surface area contributed by atoms with Crippen molar-refractivity contribution in [2.45, 2.75) is 45.4 Å². The van der Waals surface area contributed by atoms with Crippen molar-refractivity contribution >= 4 is 71.5 Å². The van der Waals surface area contributed by atoms with Gasteiger partial charge in [0.25, 0.3) is 0 Å². The smallest absolute Gasteiger partial charge is 0.124 e. The fourth-order valence-corrected chi connectivity index (χ4v) is 10.7. The molecule has 1 aliphatic heterocycles. The van der Waals surface area contributed by atoms with Crippen molar-refractivity contribution in [3.05, 3.63) is 186 Å². The summed E-state index contributed by atoms with van der Waals surface area (Å²) in [6.45, 7) is 11.4. The molecule has 4 nitrogen and oxygen atoms in total. The van der Waals surface area contributed by atoms with E-state index in [4.69, 9.17) is 9.97 Å². The van der Waals surface area contributed by atoms with Gasteiger partial charge >= 0.3 is 0 Å². The molecule has 0 amide bonds. The van der Waals surface area contributed by atoms with Crippen molar-refractivity contribution in [1.29, 1.82) is 0 Å². The number of nitrogens with one attached hydrogen (secondary N) is 1. The largest absolute Gasteiger partial charge is 0.355 e. The molecule has 9 aromatic rings. The van der Waals surface area contributed by atoms with Gasteiger partial charge in [0.15, 0.2) is 0 Å². The van der Waals surface area contributed by atoms with Crippen LogP contribution in [0, 0.1) is 6.92 Å². The van der Waals surface area contributed by atoms with Crippen LogP contribution in [0.15, 0.2) is 158 Å². The van der Waals surface area contributed by atoms with E-state index in [9.17, 15) is 0 Å². The number of nitrogens with zero attached hydrogens (tertiary/aromatic N) is 3. The lowest BCUT2D eigenvalue weighted by Crippen LogP contribution is -2.30. The SMILES string of the molecule is Cc1ccccc1C(C)(C)c1ccccc1Nc1ccc(-c2nc3cc4sc(-c5ccc(N6c7ccccc7C(C)(C)c7ccccc76)cc5)nc4cc3s2)cc1. The van der Waals surface area contributed by atoms with E-state index in [2.05, 4.69) is 203 Å². The lowest BCUT2D eigenvalue weighted by molar-refractivity contribution is 0.632. The molecule has 1 N–H and O–H groups in total. The second-order valence-corrected chi connectivity index (χ2v) is 18.1. The van der Waals surface area contributed by atoms with Gasteiger partial charge in [0, 0.05) is 39.0 Å². The molecule has 0 atom stereocenters. The molecule has 0 saturated carbocycles. The summed E-state index contributed by atoms with van der Waals surface area (Å²) < 4.78 is 2.29. The van der Waals surface area contributed by atoms with E-state index in [1.54, 1.807) is 22.7 Å². The third kappa shape index (κ3) is 6.03. The standard InChI is InChI=1S/C51H42N4S2/c1-32-14-6-7-15-37(32)50(2,3)38-16-8-11-19-41(38)52-35-26-22-33(23-27-35)48-53-42-30-47-43(31-46(42)56-48)54-49(57-47)34-24-28-36(29-25-34)55-44-20-12-9-17-39(44)51(4,5)40-18-10-13-21-45(40)55/h6-31,52H,1-5H3. The maximum Gasteiger partial charge on any atom is 0.124 e. The van der Waals surface area contributed by atoms with Crippen molar-refractivity contribution in [3.8, 4) is 21.1 Å². The molecule has 10 rings (SSSR count). The number of para-hydroxylation sites is 3. The zero-order chi connectivity index (χ0) is 38.9. The first-order valence-corrected chi connectivity index (χ1v) is 21.1. The van der Waals surface area contributed by atoms with Crippen molar-refractivity contribution in [2.24, 2.45) is 0 Å². The summed E-state index contributed by atoms with van der Waals surface area (Å²) in [4.78, 5) is 12.6. The van der Waals surface area contributed by atoms with E-state index < -0.39 is 0 Å². The number of thiazole rings is 2. The Kier molecular flexibility index (Phi) is 8.40. The first kappa shape index (κ1) is 35.3. The Hall–Kier alpha value is -6.08. The summed E-state index contributed by atoms with van der Waals surface area (Å²) in [5.41, 5.74) is 16.3. The highest BCUT2D eigenvalue weighted by molar-refractivity contribution is 7.23. The van der Waals surface area contributed by atoms with E-state index >= 15 is 0 Å². The third-order valence-corrected chi connectivity index (χ3v) is 13.9. The van der Waals surface area contributed by atoms with Gasteiger partial charge in [0.1, 0.15) is 10.0 Å². The van der Waals surface area contributed by atoms with Crippen LogP contribution in [0.2, 0.25) is 0 Å². The van der Waals surface area contributed by atoms with E-state index in [-0.39, 0.29) is 10.8 Å².